The second-order valence-electron chi connectivity index (χ2n) is 6.14. The topological polar surface area (TPSA) is 62.7 Å². The van der Waals surface area contributed by atoms with Crippen LogP contribution in [0.2, 0.25) is 0 Å². The van der Waals surface area contributed by atoms with E-state index < -0.39 is 0 Å². The van der Waals surface area contributed by atoms with E-state index in [2.05, 4.69) is 15.6 Å². The van der Waals surface area contributed by atoms with E-state index >= 15 is 0 Å². The van der Waals surface area contributed by atoms with Gasteiger partial charge in [-0.25, -0.2) is 4.99 Å². The minimum Gasteiger partial charge on any atom is -0.376 e. The molecule has 2 N–H and O–H groups in total. The predicted octanol–water partition coefficient (Wildman–Crippen LogP) is 3.37. The van der Waals surface area contributed by atoms with Gasteiger partial charge in [-0.15, -0.1) is 0 Å². The minimum absolute atomic E-state index is 0.128. The lowest BCUT2D eigenvalue weighted by atomic mass is 10.2. The van der Waals surface area contributed by atoms with Gasteiger partial charge in [-0.05, 0) is 44.0 Å². The average Bonchev–Trinajstić information content (AvgIpc) is 3.16. The summed E-state index contributed by atoms with van der Waals surface area (Å²) in [6.07, 6.45) is 2.20. The highest BCUT2D eigenvalue weighted by molar-refractivity contribution is 6.09. The maximum Gasteiger partial charge on any atom is 0.257 e. The van der Waals surface area contributed by atoms with Crippen LogP contribution in [0, 0.1) is 6.92 Å². The van der Waals surface area contributed by atoms with Crippen molar-refractivity contribution in [2.45, 2.75) is 25.9 Å². The highest BCUT2D eigenvalue weighted by Crippen LogP contribution is 2.13. The SMILES string of the molecule is Cc1ccc(NC(=NC[C@H]2CCCO2)NC(=O)c2ccccc2)cc1. The van der Waals surface area contributed by atoms with E-state index in [1.807, 2.05) is 49.4 Å². The molecule has 130 valence electrons. The van der Waals surface area contributed by atoms with Gasteiger partial charge in [-0.2, -0.15) is 0 Å². The lowest BCUT2D eigenvalue weighted by Crippen LogP contribution is -2.36. The Kier molecular flexibility index (Phi) is 5.80. The summed E-state index contributed by atoms with van der Waals surface area (Å²) in [6.45, 7) is 3.36. The average molecular weight is 337 g/mol. The monoisotopic (exact) mass is 337 g/mol. The molecule has 3 rings (SSSR count). The summed E-state index contributed by atoms with van der Waals surface area (Å²) in [7, 11) is 0. The molecule has 0 aliphatic carbocycles. The van der Waals surface area contributed by atoms with Crippen LogP contribution in [0.5, 0.6) is 0 Å². The minimum atomic E-state index is -0.189. The molecule has 1 amide bonds. The van der Waals surface area contributed by atoms with E-state index in [0.29, 0.717) is 18.1 Å². The van der Waals surface area contributed by atoms with Crippen molar-refractivity contribution in [3.63, 3.8) is 0 Å². The summed E-state index contributed by atoms with van der Waals surface area (Å²) in [6, 6.07) is 17.1. The van der Waals surface area contributed by atoms with E-state index in [1.54, 1.807) is 12.1 Å². The third-order valence-corrected chi connectivity index (χ3v) is 4.06. The number of hydrogen-bond donors (Lipinski definition) is 2. The molecule has 2 aromatic carbocycles. The number of nitrogens with one attached hydrogen (secondary N) is 2. The van der Waals surface area contributed by atoms with E-state index in [9.17, 15) is 4.79 Å². The Morgan fingerprint density at radius 1 is 1.16 bits per heavy atom. The Morgan fingerprint density at radius 2 is 1.92 bits per heavy atom. The molecular weight excluding hydrogens is 314 g/mol. The molecule has 0 bridgehead atoms. The van der Waals surface area contributed by atoms with Gasteiger partial charge in [-0.1, -0.05) is 35.9 Å². The van der Waals surface area contributed by atoms with E-state index in [-0.39, 0.29) is 12.0 Å². The van der Waals surface area contributed by atoms with Crippen molar-refractivity contribution in [3.05, 3.63) is 65.7 Å². The molecule has 1 saturated heterocycles. The number of carbonyl (C=O) groups is 1. The number of hydrogen-bond acceptors (Lipinski definition) is 3. The summed E-state index contributed by atoms with van der Waals surface area (Å²) >= 11 is 0. The summed E-state index contributed by atoms with van der Waals surface area (Å²) in [4.78, 5) is 17.0. The number of nitrogens with zero attached hydrogens (tertiary/aromatic N) is 1. The lowest BCUT2D eigenvalue weighted by Gasteiger charge is -2.13. The van der Waals surface area contributed by atoms with Gasteiger partial charge in [0, 0.05) is 17.9 Å². The molecule has 0 unspecified atom stereocenters. The molecule has 1 fully saturated rings. The number of rotatable bonds is 4. The zero-order valence-corrected chi connectivity index (χ0v) is 14.4. The Labute approximate surface area is 148 Å². The highest BCUT2D eigenvalue weighted by Gasteiger charge is 2.16. The number of ether oxygens (including phenoxy) is 1. The molecule has 0 saturated carbocycles. The third-order valence-electron chi connectivity index (χ3n) is 4.06. The molecule has 5 nitrogen and oxygen atoms in total. The maximum absolute atomic E-state index is 12.4. The summed E-state index contributed by atoms with van der Waals surface area (Å²) < 4.78 is 5.61. The number of benzene rings is 2. The smallest absolute Gasteiger partial charge is 0.257 e. The first-order valence-electron chi connectivity index (χ1n) is 8.57. The molecule has 1 aliphatic heterocycles. The van der Waals surface area contributed by atoms with Crippen LogP contribution in [0.25, 0.3) is 0 Å². The predicted molar refractivity (Wildman–Crippen MR) is 100.0 cm³/mol. The van der Waals surface area contributed by atoms with Crippen molar-refractivity contribution in [1.82, 2.24) is 5.32 Å². The Balaban J connectivity index is 1.71. The van der Waals surface area contributed by atoms with Gasteiger partial charge in [0.15, 0.2) is 0 Å². The number of amides is 1. The fourth-order valence-corrected chi connectivity index (χ4v) is 2.63. The normalized spacial score (nSPS) is 17.3. The highest BCUT2D eigenvalue weighted by atomic mass is 16.5. The molecule has 0 radical (unpaired) electrons. The number of aliphatic imine (C=N–C) groups is 1. The Hall–Kier alpha value is -2.66. The van der Waals surface area contributed by atoms with Crippen molar-refractivity contribution in [2.75, 3.05) is 18.5 Å². The fraction of sp³-hybridized carbons (Fsp3) is 0.300. The molecule has 5 heteroatoms. The lowest BCUT2D eigenvalue weighted by molar-refractivity contribution is 0.0975. The fourth-order valence-electron chi connectivity index (χ4n) is 2.63. The molecule has 25 heavy (non-hydrogen) atoms. The van der Waals surface area contributed by atoms with Gasteiger partial charge < -0.3 is 10.1 Å². The Morgan fingerprint density at radius 3 is 2.60 bits per heavy atom. The quantitative estimate of drug-likeness (QED) is 0.664. The standard InChI is InChI=1S/C20H23N3O2/c1-15-9-11-17(12-10-15)22-20(21-14-18-8-5-13-25-18)23-19(24)16-6-3-2-4-7-16/h2-4,6-7,9-12,18H,5,8,13-14H2,1H3,(H2,21,22,23,24)/t18-/m1/s1. The molecule has 0 spiro atoms. The van der Waals surface area contributed by atoms with Crippen LogP contribution in [-0.2, 0) is 4.74 Å². The molecule has 1 atom stereocenters. The largest absolute Gasteiger partial charge is 0.376 e. The Bertz CT molecular complexity index is 720. The second-order valence-corrected chi connectivity index (χ2v) is 6.14. The number of aryl methyl sites for hydroxylation is 1. The molecule has 2 aromatic rings. The van der Waals surface area contributed by atoms with Crippen molar-refractivity contribution >= 4 is 17.6 Å². The van der Waals surface area contributed by atoms with Crippen LogP contribution in [0.1, 0.15) is 28.8 Å². The first kappa shape index (κ1) is 17.2. The van der Waals surface area contributed by atoms with Crippen molar-refractivity contribution in [1.29, 1.82) is 0 Å². The third kappa shape index (κ3) is 5.16. The summed E-state index contributed by atoms with van der Waals surface area (Å²) in [5.41, 5.74) is 2.65. The second kappa shape index (κ2) is 8.44. The van der Waals surface area contributed by atoms with Crippen LogP contribution in [0.3, 0.4) is 0 Å². The van der Waals surface area contributed by atoms with Gasteiger partial charge in [0.1, 0.15) is 0 Å². The van der Waals surface area contributed by atoms with Crippen molar-refractivity contribution in [3.8, 4) is 0 Å². The van der Waals surface area contributed by atoms with E-state index in [0.717, 1.165) is 25.1 Å². The molecular formula is C20H23N3O2. The zero-order chi connectivity index (χ0) is 17.5. The van der Waals surface area contributed by atoms with Crippen LogP contribution < -0.4 is 10.6 Å². The van der Waals surface area contributed by atoms with E-state index in [4.69, 9.17) is 4.74 Å². The van der Waals surface area contributed by atoms with Crippen LogP contribution in [0.4, 0.5) is 5.69 Å². The van der Waals surface area contributed by atoms with Crippen molar-refractivity contribution < 1.29 is 9.53 Å². The zero-order valence-electron chi connectivity index (χ0n) is 14.4. The summed E-state index contributed by atoms with van der Waals surface area (Å²) in [5, 5.41) is 6.06. The van der Waals surface area contributed by atoms with Crippen LogP contribution in [0.15, 0.2) is 59.6 Å². The molecule has 1 heterocycles. The van der Waals surface area contributed by atoms with Gasteiger partial charge in [0.25, 0.3) is 5.91 Å². The summed E-state index contributed by atoms with van der Waals surface area (Å²) in [5.74, 6) is 0.250. The molecule has 1 aliphatic rings. The maximum atomic E-state index is 12.4. The van der Waals surface area contributed by atoms with Gasteiger partial charge in [0.05, 0.1) is 12.6 Å². The van der Waals surface area contributed by atoms with Crippen molar-refractivity contribution in [2.24, 2.45) is 4.99 Å². The first-order valence-corrected chi connectivity index (χ1v) is 8.57. The van der Waals surface area contributed by atoms with Gasteiger partial charge in [0.2, 0.25) is 5.96 Å². The number of carbonyl (C=O) groups excluding carboxylic acids is 1. The first-order chi connectivity index (χ1) is 12.2. The number of guanidine groups is 1. The number of anilines is 1. The van der Waals surface area contributed by atoms with Gasteiger partial charge >= 0.3 is 0 Å². The molecule has 0 aromatic heterocycles. The van der Waals surface area contributed by atoms with Crippen LogP contribution in [-0.4, -0.2) is 31.1 Å². The van der Waals surface area contributed by atoms with Crippen LogP contribution >= 0.6 is 0 Å². The van der Waals surface area contributed by atoms with Gasteiger partial charge in [-0.3, -0.25) is 10.1 Å². The van der Waals surface area contributed by atoms with E-state index in [1.165, 1.54) is 5.56 Å².